The van der Waals surface area contributed by atoms with Crippen molar-refractivity contribution in [1.82, 2.24) is 46.5 Å². The van der Waals surface area contributed by atoms with Gasteiger partial charge >= 0.3 is 35.9 Å². The SMILES string of the molecule is CCNC(=O)NC(=O)C(C)OC(=O)c1c2c(nc3ccccc13)/C(=C/c1cccc(C)c1)CCC2.COCCNC(=O)COC(=O)c1c2c(nc3ccccc13)/C(=C/c1ccc(C)cc1)CCC2.COc1cc(/C=C2\CCc3c2nc2ccccc2c3C(=O)OC(C)C(=O)NC(N)=O)ccc1C.O=C(COC(=O)c1c2c(nc3ccccc13)/C(=C/c1cccs1)CCC2)NC1CC1. The summed E-state index contributed by atoms with van der Waals surface area (Å²) in [4.78, 5) is 145. The number of hydrogen-bond acceptors (Lipinski definition) is 21. The Bertz CT molecular complexity index is 6590. The van der Waals surface area contributed by atoms with Gasteiger partial charge in [-0.2, -0.15) is 0 Å². The number of pyridine rings is 4. The number of nitrogens with two attached hydrogens (primary N) is 1. The summed E-state index contributed by atoms with van der Waals surface area (Å²) >= 11 is 1.69. The Morgan fingerprint density at radius 2 is 0.902 bits per heavy atom. The molecule has 0 radical (unpaired) electrons. The minimum absolute atomic E-state index is 0.239. The molecule has 2 atom stereocenters. The lowest BCUT2D eigenvalue weighted by atomic mass is 9.86. The molecule has 12 aromatic rings. The first-order valence-corrected chi connectivity index (χ1v) is 45.1. The molecule has 7 aromatic carbocycles. The number of hydrogen-bond donors (Lipinski definition) is 6. The Morgan fingerprint density at radius 1 is 0.455 bits per heavy atom. The normalized spacial score (nSPS) is 15.1. The number of thiophene rings is 1. The second kappa shape index (κ2) is 43.6. The van der Waals surface area contributed by atoms with Gasteiger partial charge in [0.2, 0.25) is 0 Å². The number of aromatic nitrogens is 4. The minimum atomic E-state index is -1.20. The summed E-state index contributed by atoms with van der Waals surface area (Å²) < 4.78 is 32.2. The van der Waals surface area contributed by atoms with Gasteiger partial charge in [0.05, 0.1) is 80.8 Å². The van der Waals surface area contributed by atoms with Crippen molar-refractivity contribution < 1.29 is 76.4 Å². The predicted octanol–water partition coefficient (Wildman–Crippen LogP) is 17.5. The number of urea groups is 2. The number of esters is 4. The number of benzene rings is 7. The minimum Gasteiger partial charge on any atom is -0.496 e. The topological polar surface area (TPSA) is 364 Å². The zero-order valence-electron chi connectivity index (χ0n) is 74.9. The fraction of sp³-hybridized carbons (Fsp3) is 0.276. The van der Waals surface area contributed by atoms with Gasteiger partial charge in [-0.1, -0.05) is 151 Å². The molecule has 132 heavy (non-hydrogen) atoms. The van der Waals surface area contributed by atoms with Crippen molar-refractivity contribution in [3.63, 3.8) is 0 Å². The first-order chi connectivity index (χ1) is 63.9. The summed E-state index contributed by atoms with van der Waals surface area (Å²) in [5.41, 5.74) is 27.3. The summed E-state index contributed by atoms with van der Waals surface area (Å²) in [7, 11) is 3.20. The summed E-state index contributed by atoms with van der Waals surface area (Å²) in [6.07, 6.45) is 17.1. The van der Waals surface area contributed by atoms with Crippen molar-refractivity contribution in [1.29, 1.82) is 0 Å². The zero-order chi connectivity index (χ0) is 93.1. The Hall–Kier alpha value is -14.7. The largest absolute Gasteiger partial charge is 0.496 e. The number of allylic oxidation sites excluding steroid dienone is 4. The summed E-state index contributed by atoms with van der Waals surface area (Å²) in [5.74, 6) is -3.47. The number of amides is 8. The Labute approximate surface area is 768 Å². The number of aryl methyl sites for hydroxylation is 3. The molecule has 676 valence electrons. The van der Waals surface area contributed by atoms with Crippen LogP contribution in [-0.4, -0.2) is 145 Å². The van der Waals surface area contributed by atoms with Gasteiger partial charge in [-0.15, -0.1) is 11.3 Å². The van der Waals surface area contributed by atoms with Crippen LogP contribution in [0.2, 0.25) is 0 Å². The van der Waals surface area contributed by atoms with Crippen LogP contribution in [0.3, 0.4) is 0 Å². The molecule has 0 aliphatic heterocycles. The van der Waals surface area contributed by atoms with Gasteiger partial charge in [0.25, 0.3) is 23.6 Å². The van der Waals surface area contributed by atoms with E-state index in [0.29, 0.717) is 83.0 Å². The van der Waals surface area contributed by atoms with Gasteiger partial charge in [-0.3, -0.25) is 29.8 Å². The van der Waals surface area contributed by atoms with Gasteiger partial charge in [0.1, 0.15) is 5.75 Å². The van der Waals surface area contributed by atoms with Gasteiger partial charge in [-0.05, 0) is 258 Å². The van der Waals surface area contributed by atoms with Crippen molar-refractivity contribution in [3.05, 3.63) is 287 Å². The lowest BCUT2D eigenvalue weighted by molar-refractivity contribution is -0.128. The number of para-hydroxylation sites is 4. The number of fused-ring (bicyclic) bond motifs is 8. The molecule has 0 spiro atoms. The molecule has 0 bridgehead atoms. The number of ether oxygens (including phenoxy) is 6. The van der Waals surface area contributed by atoms with E-state index in [9.17, 15) is 47.9 Å². The van der Waals surface area contributed by atoms with Crippen LogP contribution < -0.4 is 37.1 Å². The van der Waals surface area contributed by atoms with Gasteiger partial charge in [-0.25, -0.2) is 48.7 Å². The Balaban J connectivity index is 0.000000142. The number of methoxy groups -OCH3 is 2. The molecule has 5 aromatic heterocycles. The van der Waals surface area contributed by atoms with Crippen LogP contribution in [0, 0.1) is 20.8 Å². The molecule has 5 heterocycles. The third-order valence-electron chi connectivity index (χ3n) is 23.1. The maximum atomic E-state index is 13.4. The van der Waals surface area contributed by atoms with Crippen LogP contribution >= 0.6 is 11.3 Å². The highest BCUT2D eigenvalue weighted by atomic mass is 32.1. The molecule has 5 aliphatic carbocycles. The highest BCUT2D eigenvalue weighted by Crippen LogP contribution is 2.43. The molecular weight excluding hydrogens is 1690 g/mol. The number of imide groups is 2. The van der Waals surface area contributed by atoms with Crippen LogP contribution in [-0.2, 0) is 68.5 Å². The quantitative estimate of drug-likeness (QED) is 0.0208. The zero-order valence-corrected chi connectivity index (χ0v) is 75.7. The van der Waals surface area contributed by atoms with Crippen LogP contribution in [0.15, 0.2) is 181 Å². The number of rotatable bonds is 22. The summed E-state index contributed by atoms with van der Waals surface area (Å²) in [5, 5.41) is 17.0. The van der Waals surface area contributed by atoms with Crippen molar-refractivity contribution in [3.8, 4) is 5.75 Å². The predicted molar refractivity (Wildman–Crippen MR) is 511 cm³/mol. The molecule has 2 unspecified atom stereocenters. The van der Waals surface area contributed by atoms with E-state index < -0.39 is 60.0 Å². The van der Waals surface area contributed by atoms with E-state index in [4.69, 9.17) is 54.1 Å². The first kappa shape index (κ1) is 93.4. The molecule has 8 amide bonds. The number of nitrogens with one attached hydrogen (secondary N) is 5. The van der Waals surface area contributed by atoms with Crippen molar-refractivity contribution in [2.45, 2.75) is 143 Å². The van der Waals surface area contributed by atoms with Crippen molar-refractivity contribution in [2.24, 2.45) is 5.73 Å². The molecule has 0 saturated heterocycles. The van der Waals surface area contributed by atoms with Gasteiger partial charge in [0.15, 0.2) is 25.4 Å². The lowest BCUT2D eigenvalue weighted by Crippen LogP contribution is -2.44. The van der Waals surface area contributed by atoms with E-state index in [1.165, 1.54) is 29.9 Å². The van der Waals surface area contributed by atoms with E-state index in [1.807, 2.05) is 140 Å². The van der Waals surface area contributed by atoms with Gasteiger partial charge < -0.3 is 50.1 Å². The van der Waals surface area contributed by atoms with E-state index in [2.05, 4.69) is 107 Å². The number of primary amides is 1. The van der Waals surface area contributed by atoms with Crippen LogP contribution in [0.25, 0.3) is 90.2 Å². The molecule has 7 N–H and O–H groups in total. The second-order valence-electron chi connectivity index (χ2n) is 32.8. The fourth-order valence-corrected chi connectivity index (χ4v) is 17.3. The molecule has 27 heteroatoms. The first-order valence-electron chi connectivity index (χ1n) is 44.2. The highest BCUT2D eigenvalue weighted by Gasteiger charge is 2.35. The van der Waals surface area contributed by atoms with Crippen LogP contribution in [0.4, 0.5) is 9.59 Å². The Kier molecular flexibility index (Phi) is 30.9. The fourth-order valence-electron chi connectivity index (χ4n) is 16.6. The maximum Gasteiger partial charge on any atom is 0.339 e. The third-order valence-corrected chi connectivity index (χ3v) is 23.9. The summed E-state index contributed by atoms with van der Waals surface area (Å²) in [6.45, 7) is 11.2. The summed E-state index contributed by atoms with van der Waals surface area (Å²) in [6, 6.07) is 55.3. The monoisotopic (exact) mass is 1790 g/mol. The van der Waals surface area contributed by atoms with Crippen molar-refractivity contribution >= 4 is 161 Å². The average molecular weight is 1790 g/mol. The van der Waals surface area contributed by atoms with E-state index >= 15 is 0 Å². The second-order valence-corrected chi connectivity index (χ2v) is 33.7. The smallest absolute Gasteiger partial charge is 0.339 e. The van der Waals surface area contributed by atoms with Crippen LogP contribution in [0.5, 0.6) is 5.75 Å². The number of nitrogens with zero attached hydrogens (tertiary/aromatic N) is 4. The molecule has 1 fully saturated rings. The van der Waals surface area contributed by atoms with Crippen molar-refractivity contribution in [2.75, 3.05) is 47.1 Å². The van der Waals surface area contributed by atoms with Gasteiger partial charge in [0, 0.05) is 52.7 Å². The average Bonchev–Trinajstić information content (AvgIpc) is 1.48. The third kappa shape index (κ3) is 23.1. The Morgan fingerprint density at radius 3 is 1.36 bits per heavy atom. The standard InChI is InChI=1S/C28H29N3O4.C27H28N2O4.C26H25N3O5.C24H22N2O3S/c1-4-29-28(34)31-26(32)18(3)35-27(33)24-21-12-5-6-14-23(21)30-25-20(11-8-13-22(24)25)16-19-10-7-9-17(2)15-19;1-18-10-12-19(13-11-18)16-20-6-5-8-22-25(21-7-3-4-9-23(21)29-26(20)22)27(31)33-17-24(30)28-14-15-32-2;1-14-8-9-16(13-21(14)33-3)12-17-10-11-19-22(18-6-4-5-7-20(18)28-23(17)19)25(31)34-15(2)24(30)29-26(27)32;27-21(25-16-10-11-16)14-29-24(28)22-18-7-1-2-9-20(18)26-23-15(5-3-8-19(22)23)13-17-6-4-12-30-17/h5-7,9-10,12,14-16,18H,4,8,11,13H2,1-3H3,(H2,29,31,32,34);3-4,7,9-13,16H,5-6,8,14-15,17H2,1-2H3,(H,28,30);4-9,12-13,15H,10-11H2,1-3H3,(H3,27,29,30,32);1-2,4,6-7,9,12-13,16H,3,5,8,10-11,14H2,(H,25,27)/b2*20-16+;17-12+;15-13+. The van der Waals surface area contributed by atoms with Crippen LogP contribution in [0.1, 0.15) is 203 Å². The highest BCUT2D eigenvalue weighted by molar-refractivity contribution is 7.10. The number of carbonyl (C=O) groups excluding carboxylic acids is 10. The van der Waals surface area contributed by atoms with E-state index in [0.717, 1.165) is 181 Å². The molecule has 17 rings (SSSR count). The lowest BCUT2D eigenvalue weighted by Gasteiger charge is -2.23. The molecule has 5 aliphatic rings. The van der Waals surface area contributed by atoms with E-state index in [1.54, 1.807) is 38.5 Å². The number of carbonyl (C=O) groups is 10. The molecule has 1 saturated carbocycles. The molecular formula is C105H104N10O16S. The maximum absolute atomic E-state index is 13.4. The van der Waals surface area contributed by atoms with E-state index in [-0.39, 0.29) is 31.1 Å². The molecule has 26 nitrogen and oxygen atoms in total.